The lowest BCUT2D eigenvalue weighted by molar-refractivity contribution is 0.136. The molecule has 0 aliphatic rings. The molecule has 1 atom stereocenters. The van der Waals surface area contributed by atoms with Gasteiger partial charge in [0.1, 0.15) is 5.66 Å². The van der Waals surface area contributed by atoms with Gasteiger partial charge in [-0.25, -0.2) is 8.78 Å². The number of hydrogen-bond donors (Lipinski definition) is 0. The van der Waals surface area contributed by atoms with Crippen molar-refractivity contribution in [3.8, 4) is 0 Å². The SMILES string of the molecule is CC(C)OP(=O)(OC(C)C)C(Cc1ccc(F)c(F)c1)c1sc2ccccc2c1Cl. The first-order chi connectivity index (χ1) is 14.1. The lowest BCUT2D eigenvalue weighted by Gasteiger charge is -2.30. The van der Waals surface area contributed by atoms with Crippen LogP contribution in [0.2, 0.25) is 5.02 Å². The predicted molar refractivity (Wildman–Crippen MR) is 120 cm³/mol. The summed E-state index contributed by atoms with van der Waals surface area (Å²) in [5.41, 5.74) is -0.288. The maximum Gasteiger partial charge on any atom is 0.339 e. The second-order valence-electron chi connectivity index (χ2n) is 7.59. The second-order valence-corrected chi connectivity index (χ2v) is 11.2. The van der Waals surface area contributed by atoms with Crippen molar-refractivity contribution in [2.75, 3.05) is 0 Å². The molecule has 0 saturated carbocycles. The van der Waals surface area contributed by atoms with E-state index in [0.29, 0.717) is 15.5 Å². The monoisotopic (exact) mass is 472 g/mol. The lowest BCUT2D eigenvalue weighted by atomic mass is 10.1. The molecular formula is C22H24ClF2O3PS. The van der Waals surface area contributed by atoms with E-state index in [1.807, 2.05) is 24.3 Å². The van der Waals surface area contributed by atoms with Crippen molar-refractivity contribution in [1.29, 1.82) is 0 Å². The highest BCUT2D eigenvalue weighted by molar-refractivity contribution is 7.54. The molecule has 0 N–H and O–H groups in total. The van der Waals surface area contributed by atoms with Crippen LogP contribution in [0.15, 0.2) is 42.5 Å². The van der Waals surface area contributed by atoms with Gasteiger partial charge in [-0.1, -0.05) is 35.9 Å². The van der Waals surface area contributed by atoms with Crippen LogP contribution in [-0.4, -0.2) is 12.2 Å². The third kappa shape index (κ3) is 5.12. The maximum absolute atomic E-state index is 14.1. The summed E-state index contributed by atoms with van der Waals surface area (Å²) in [6.45, 7) is 7.10. The van der Waals surface area contributed by atoms with E-state index in [-0.39, 0.29) is 18.6 Å². The molecule has 2 aromatic carbocycles. The van der Waals surface area contributed by atoms with Crippen LogP contribution in [0.5, 0.6) is 0 Å². The molecule has 0 fully saturated rings. The molecule has 0 radical (unpaired) electrons. The minimum Gasteiger partial charge on any atom is -0.305 e. The lowest BCUT2D eigenvalue weighted by Crippen LogP contribution is -2.15. The molecule has 3 aromatic rings. The Labute approximate surface area is 184 Å². The quantitative estimate of drug-likeness (QED) is 0.310. The van der Waals surface area contributed by atoms with Crippen molar-refractivity contribution in [3.63, 3.8) is 0 Å². The first-order valence-corrected chi connectivity index (χ1v) is 12.5. The Morgan fingerprint density at radius 1 is 1.00 bits per heavy atom. The van der Waals surface area contributed by atoms with Crippen LogP contribution in [0.1, 0.15) is 43.8 Å². The molecule has 1 heterocycles. The fourth-order valence-electron chi connectivity index (χ4n) is 3.24. The van der Waals surface area contributed by atoms with E-state index in [0.717, 1.165) is 22.2 Å². The Morgan fingerprint density at radius 3 is 2.20 bits per heavy atom. The zero-order valence-electron chi connectivity index (χ0n) is 17.2. The van der Waals surface area contributed by atoms with Gasteiger partial charge in [-0.3, -0.25) is 4.57 Å². The molecule has 30 heavy (non-hydrogen) atoms. The number of rotatable bonds is 8. The molecule has 8 heteroatoms. The van der Waals surface area contributed by atoms with Crippen LogP contribution in [-0.2, 0) is 20.0 Å². The Hall–Kier alpha value is -1.30. The molecule has 0 amide bonds. The summed E-state index contributed by atoms with van der Waals surface area (Å²) in [6, 6.07) is 11.2. The van der Waals surface area contributed by atoms with Crippen LogP contribution in [0.25, 0.3) is 10.1 Å². The Balaban J connectivity index is 2.16. The smallest absolute Gasteiger partial charge is 0.305 e. The van der Waals surface area contributed by atoms with Crippen molar-refractivity contribution in [2.24, 2.45) is 0 Å². The van der Waals surface area contributed by atoms with Gasteiger partial charge in [-0.2, -0.15) is 0 Å². The highest BCUT2D eigenvalue weighted by atomic mass is 35.5. The molecule has 1 aromatic heterocycles. The molecule has 3 nitrogen and oxygen atoms in total. The van der Waals surface area contributed by atoms with Crippen molar-refractivity contribution in [3.05, 3.63) is 69.6 Å². The number of halogens is 3. The number of hydrogen-bond acceptors (Lipinski definition) is 4. The van der Waals surface area contributed by atoms with E-state index >= 15 is 0 Å². The minimum absolute atomic E-state index is 0.125. The van der Waals surface area contributed by atoms with Crippen molar-refractivity contribution < 1.29 is 22.4 Å². The second kappa shape index (κ2) is 9.46. The van der Waals surface area contributed by atoms with Crippen LogP contribution < -0.4 is 0 Å². The van der Waals surface area contributed by atoms with Gasteiger partial charge in [0, 0.05) is 15.0 Å². The Bertz CT molecular complexity index is 1070. The molecular weight excluding hydrogens is 449 g/mol. The average Bonchev–Trinajstić information content (AvgIpc) is 2.98. The normalized spacial score (nSPS) is 13.5. The summed E-state index contributed by atoms with van der Waals surface area (Å²) < 4.78 is 54.0. The highest BCUT2D eigenvalue weighted by Crippen LogP contribution is 2.66. The zero-order chi connectivity index (χ0) is 22.1. The van der Waals surface area contributed by atoms with E-state index < -0.39 is 24.9 Å². The van der Waals surface area contributed by atoms with Crippen molar-refractivity contribution in [1.82, 2.24) is 0 Å². The van der Waals surface area contributed by atoms with Gasteiger partial charge in [-0.05, 0) is 57.9 Å². The number of thiophene rings is 1. The summed E-state index contributed by atoms with van der Waals surface area (Å²) >= 11 is 8.11. The van der Waals surface area contributed by atoms with Gasteiger partial charge in [-0.15, -0.1) is 11.3 Å². The standard InChI is InChI=1S/C22H24ClF2O3PS/c1-13(2)27-29(26,28-14(3)4)19(12-15-9-10-17(24)18(25)11-15)22-21(23)16-7-5-6-8-20(16)30-22/h5-11,13-14,19H,12H2,1-4H3. The molecule has 0 aliphatic carbocycles. The Kier molecular flexibility index (Phi) is 7.36. The van der Waals surface area contributed by atoms with E-state index in [2.05, 4.69) is 0 Å². The first-order valence-electron chi connectivity index (χ1n) is 9.68. The van der Waals surface area contributed by atoms with E-state index in [4.69, 9.17) is 20.6 Å². The van der Waals surface area contributed by atoms with Crippen LogP contribution in [0.4, 0.5) is 8.78 Å². The van der Waals surface area contributed by atoms with Gasteiger partial charge in [0.05, 0.1) is 17.2 Å². The fraction of sp³-hybridized carbons (Fsp3) is 0.364. The van der Waals surface area contributed by atoms with Crippen LogP contribution in [0, 0.1) is 11.6 Å². The van der Waals surface area contributed by atoms with Crippen molar-refractivity contribution >= 4 is 40.6 Å². The summed E-state index contributed by atoms with van der Waals surface area (Å²) in [6.07, 6.45) is -0.606. The zero-order valence-corrected chi connectivity index (χ0v) is 19.7. The van der Waals surface area contributed by atoms with Gasteiger partial charge in [0.2, 0.25) is 0 Å². The third-order valence-electron chi connectivity index (χ3n) is 4.37. The first kappa shape index (κ1) is 23.4. The molecule has 162 valence electrons. The molecule has 0 spiro atoms. The number of fused-ring (bicyclic) bond motifs is 1. The average molecular weight is 473 g/mol. The van der Waals surface area contributed by atoms with E-state index in [9.17, 15) is 13.3 Å². The molecule has 3 rings (SSSR count). The van der Waals surface area contributed by atoms with Crippen LogP contribution >= 0.6 is 30.5 Å². The fourth-order valence-corrected chi connectivity index (χ4v) is 7.79. The van der Waals surface area contributed by atoms with Crippen molar-refractivity contribution in [2.45, 2.75) is 52.0 Å². The van der Waals surface area contributed by atoms with E-state index in [1.165, 1.54) is 17.4 Å². The van der Waals surface area contributed by atoms with Gasteiger partial charge in [0.25, 0.3) is 0 Å². The predicted octanol–water partition coefficient (Wildman–Crippen LogP) is 8.16. The van der Waals surface area contributed by atoms with E-state index in [1.54, 1.807) is 27.7 Å². The molecule has 0 saturated heterocycles. The van der Waals surface area contributed by atoms with Gasteiger partial charge in [0.15, 0.2) is 11.6 Å². The summed E-state index contributed by atoms with van der Waals surface area (Å²) in [7, 11) is -3.73. The van der Waals surface area contributed by atoms with Gasteiger partial charge >= 0.3 is 7.60 Å². The van der Waals surface area contributed by atoms with Gasteiger partial charge < -0.3 is 9.05 Å². The van der Waals surface area contributed by atoms with Crippen LogP contribution in [0.3, 0.4) is 0 Å². The molecule has 1 unspecified atom stereocenters. The highest BCUT2D eigenvalue weighted by Gasteiger charge is 2.41. The third-order valence-corrected chi connectivity index (χ3v) is 8.99. The molecule has 0 aliphatic heterocycles. The Morgan fingerprint density at radius 2 is 1.63 bits per heavy atom. The minimum atomic E-state index is -3.73. The number of benzene rings is 2. The molecule has 0 bridgehead atoms. The summed E-state index contributed by atoms with van der Waals surface area (Å²) in [5.74, 6) is -1.90. The largest absolute Gasteiger partial charge is 0.339 e. The summed E-state index contributed by atoms with van der Waals surface area (Å²) in [4.78, 5) is 0.646. The topological polar surface area (TPSA) is 35.5 Å². The maximum atomic E-state index is 14.1. The summed E-state index contributed by atoms with van der Waals surface area (Å²) in [5, 5.41) is 1.32.